The van der Waals surface area contributed by atoms with Crippen LogP contribution >= 0.6 is 0 Å². The molecule has 9 nitrogen and oxygen atoms in total. The molecule has 6 rings (SSSR count). The molecule has 0 bridgehead atoms. The number of methoxy groups -OCH3 is 1. The number of rotatable bonds is 7. The summed E-state index contributed by atoms with van der Waals surface area (Å²) in [6.45, 7) is 8.31. The maximum absolute atomic E-state index is 13.2. The molecule has 0 saturated carbocycles. The summed E-state index contributed by atoms with van der Waals surface area (Å²) in [7, 11) is 1.64. The van der Waals surface area contributed by atoms with E-state index in [4.69, 9.17) is 19.0 Å². The average molecular weight is 516 g/mol. The van der Waals surface area contributed by atoms with Crippen molar-refractivity contribution in [3.05, 3.63) is 60.2 Å². The molecule has 0 unspecified atom stereocenters. The third-order valence-corrected chi connectivity index (χ3v) is 7.72. The van der Waals surface area contributed by atoms with Crippen LogP contribution in [0.5, 0.6) is 5.75 Å². The van der Waals surface area contributed by atoms with Crippen molar-refractivity contribution in [3.8, 4) is 17.0 Å². The van der Waals surface area contributed by atoms with Crippen molar-refractivity contribution in [2.45, 2.75) is 45.3 Å². The van der Waals surface area contributed by atoms with Crippen LogP contribution < -0.4 is 9.64 Å². The van der Waals surface area contributed by atoms with Crippen LogP contribution in [0.4, 0.5) is 5.69 Å². The van der Waals surface area contributed by atoms with Gasteiger partial charge in [-0.15, -0.1) is 0 Å². The molecule has 1 amide bonds. The molecule has 9 heteroatoms. The van der Waals surface area contributed by atoms with Crippen molar-refractivity contribution in [1.82, 2.24) is 19.6 Å². The summed E-state index contributed by atoms with van der Waals surface area (Å²) in [5, 5.41) is 5.08. The number of carbonyl (C=O) groups is 1. The van der Waals surface area contributed by atoms with E-state index in [1.807, 2.05) is 48.2 Å². The van der Waals surface area contributed by atoms with Crippen molar-refractivity contribution in [2.24, 2.45) is 0 Å². The van der Waals surface area contributed by atoms with Gasteiger partial charge in [0.25, 0.3) is 0 Å². The Kier molecular flexibility index (Phi) is 6.63. The van der Waals surface area contributed by atoms with Crippen molar-refractivity contribution in [2.75, 3.05) is 38.3 Å². The summed E-state index contributed by atoms with van der Waals surface area (Å²) in [5.74, 6) is 1.72. The molecule has 4 aromatic rings. The van der Waals surface area contributed by atoms with E-state index >= 15 is 0 Å². The van der Waals surface area contributed by atoms with Crippen LogP contribution in [-0.2, 0) is 16.1 Å². The second kappa shape index (κ2) is 10.2. The van der Waals surface area contributed by atoms with Crippen LogP contribution in [0.3, 0.4) is 0 Å². The van der Waals surface area contributed by atoms with Crippen LogP contribution in [0.25, 0.3) is 22.2 Å². The molecular weight excluding hydrogens is 482 g/mol. The van der Waals surface area contributed by atoms with Crippen LogP contribution in [-0.4, -0.2) is 65.0 Å². The van der Waals surface area contributed by atoms with Gasteiger partial charge in [0.05, 0.1) is 37.8 Å². The fraction of sp³-hybridized carbons (Fsp3) is 0.414. The standard InChI is InChI=1S/C29H33N5O4/c1-19(32-11-13-37-14-12-32)17-33-18-25(21-7-9-27-24(15-21)20(2)31-38-27)30-29(33)26-8-10-28(35)34(26)22-5-4-6-23(16-22)36-3/h4-7,9,15-16,18-19,26H,8,10-14,17H2,1-3H3/t19-,26-/m0/s1. The van der Waals surface area contributed by atoms with Gasteiger partial charge in [-0.2, -0.15) is 0 Å². The number of carbonyl (C=O) groups excluding carboxylic acids is 1. The lowest BCUT2D eigenvalue weighted by atomic mass is 10.1. The number of hydrogen-bond acceptors (Lipinski definition) is 7. The Hall–Kier alpha value is -3.69. The number of aryl methyl sites for hydroxylation is 1. The predicted molar refractivity (Wildman–Crippen MR) is 144 cm³/mol. The van der Waals surface area contributed by atoms with Gasteiger partial charge in [0, 0.05) is 61.0 Å². The fourth-order valence-corrected chi connectivity index (χ4v) is 5.63. The first-order valence-electron chi connectivity index (χ1n) is 13.2. The Morgan fingerprint density at radius 3 is 2.82 bits per heavy atom. The normalized spacial score (nSPS) is 19.4. The minimum absolute atomic E-state index is 0.0992. The lowest BCUT2D eigenvalue weighted by molar-refractivity contribution is -0.117. The lowest BCUT2D eigenvalue weighted by Crippen LogP contribution is -2.44. The maximum Gasteiger partial charge on any atom is 0.227 e. The summed E-state index contributed by atoms with van der Waals surface area (Å²) in [5.41, 5.74) is 4.32. The lowest BCUT2D eigenvalue weighted by Gasteiger charge is -2.33. The second-order valence-corrected chi connectivity index (χ2v) is 10.1. The number of aromatic nitrogens is 3. The molecule has 0 N–H and O–H groups in total. The Morgan fingerprint density at radius 1 is 1.16 bits per heavy atom. The number of hydrogen-bond donors (Lipinski definition) is 0. The molecular formula is C29H33N5O4. The van der Waals surface area contributed by atoms with E-state index in [0.29, 0.717) is 18.9 Å². The Labute approximate surface area is 221 Å². The maximum atomic E-state index is 13.2. The zero-order valence-electron chi connectivity index (χ0n) is 22.1. The highest BCUT2D eigenvalue weighted by molar-refractivity contribution is 5.96. The van der Waals surface area contributed by atoms with Gasteiger partial charge in [0.1, 0.15) is 11.6 Å². The molecule has 198 valence electrons. The van der Waals surface area contributed by atoms with Crippen LogP contribution in [0.15, 0.2) is 53.2 Å². The Balaban J connectivity index is 1.40. The smallest absolute Gasteiger partial charge is 0.227 e. The first-order valence-corrected chi connectivity index (χ1v) is 13.2. The molecule has 2 aliphatic heterocycles. The molecule has 2 aromatic carbocycles. The molecule has 2 aromatic heterocycles. The highest BCUT2D eigenvalue weighted by atomic mass is 16.5. The van der Waals surface area contributed by atoms with E-state index in [0.717, 1.165) is 78.0 Å². The minimum Gasteiger partial charge on any atom is -0.497 e. The van der Waals surface area contributed by atoms with Crippen molar-refractivity contribution in [3.63, 3.8) is 0 Å². The highest BCUT2D eigenvalue weighted by Crippen LogP contribution is 2.39. The third kappa shape index (κ3) is 4.56. The van der Waals surface area contributed by atoms with E-state index in [9.17, 15) is 4.79 Å². The average Bonchev–Trinajstić information content (AvgIpc) is 3.65. The Morgan fingerprint density at radius 2 is 2.00 bits per heavy atom. The number of nitrogens with zero attached hydrogens (tertiary/aromatic N) is 5. The van der Waals surface area contributed by atoms with Crippen LogP contribution in [0.2, 0.25) is 0 Å². The molecule has 38 heavy (non-hydrogen) atoms. The number of morpholine rings is 1. The topological polar surface area (TPSA) is 85.9 Å². The molecule has 0 aliphatic carbocycles. The van der Waals surface area contributed by atoms with Gasteiger partial charge in [-0.3, -0.25) is 9.69 Å². The van der Waals surface area contributed by atoms with Gasteiger partial charge in [-0.25, -0.2) is 4.98 Å². The SMILES string of the molecule is COc1cccc(N2C(=O)CC[C@H]2c2nc(-c3ccc4onc(C)c4c3)cn2C[C@H](C)N2CCOCC2)c1. The van der Waals surface area contributed by atoms with Gasteiger partial charge in [0.15, 0.2) is 5.58 Å². The van der Waals surface area contributed by atoms with Crippen LogP contribution in [0.1, 0.15) is 37.3 Å². The molecule has 2 atom stereocenters. The largest absolute Gasteiger partial charge is 0.497 e. The van der Waals surface area contributed by atoms with Gasteiger partial charge in [-0.1, -0.05) is 11.2 Å². The van der Waals surface area contributed by atoms with E-state index in [-0.39, 0.29) is 11.9 Å². The van der Waals surface area contributed by atoms with Crippen molar-refractivity contribution < 1.29 is 18.8 Å². The van der Waals surface area contributed by atoms with Gasteiger partial charge < -0.3 is 23.5 Å². The zero-order chi connectivity index (χ0) is 26.2. The van der Waals surface area contributed by atoms with E-state index in [2.05, 4.69) is 33.8 Å². The number of amides is 1. The summed E-state index contributed by atoms with van der Waals surface area (Å²) in [6.07, 6.45) is 3.32. The van der Waals surface area contributed by atoms with E-state index in [1.54, 1.807) is 7.11 Å². The number of benzene rings is 2. The minimum atomic E-state index is -0.165. The fourth-order valence-electron chi connectivity index (χ4n) is 5.63. The summed E-state index contributed by atoms with van der Waals surface area (Å²) >= 11 is 0. The van der Waals surface area contributed by atoms with Crippen molar-refractivity contribution in [1.29, 1.82) is 0 Å². The van der Waals surface area contributed by atoms with E-state index < -0.39 is 0 Å². The van der Waals surface area contributed by atoms with E-state index in [1.165, 1.54) is 0 Å². The van der Waals surface area contributed by atoms with Gasteiger partial charge in [-0.05, 0) is 50.6 Å². The number of fused-ring (bicyclic) bond motifs is 1. The summed E-state index contributed by atoms with van der Waals surface area (Å²) < 4.78 is 18.7. The van der Waals surface area contributed by atoms with Gasteiger partial charge in [0.2, 0.25) is 5.91 Å². The third-order valence-electron chi connectivity index (χ3n) is 7.72. The molecule has 4 heterocycles. The molecule has 2 saturated heterocycles. The predicted octanol–water partition coefficient (Wildman–Crippen LogP) is 4.60. The second-order valence-electron chi connectivity index (χ2n) is 10.1. The first kappa shape index (κ1) is 24.6. The summed E-state index contributed by atoms with van der Waals surface area (Å²) in [6, 6.07) is 13.9. The molecule has 2 aliphatic rings. The molecule has 0 spiro atoms. The number of anilines is 1. The van der Waals surface area contributed by atoms with Gasteiger partial charge >= 0.3 is 0 Å². The summed E-state index contributed by atoms with van der Waals surface area (Å²) in [4.78, 5) is 22.7. The monoisotopic (exact) mass is 515 g/mol. The molecule has 0 radical (unpaired) electrons. The first-order chi connectivity index (χ1) is 18.5. The number of ether oxygens (including phenoxy) is 2. The quantitative estimate of drug-likeness (QED) is 0.356. The van der Waals surface area contributed by atoms with Crippen molar-refractivity contribution >= 4 is 22.6 Å². The zero-order valence-corrected chi connectivity index (χ0v) is 22.1. The number of imidazole rings is 1. The molecule has 2 fully saturated rings. The Bertz CT molecular complexity index is 1450. The van der Waals surface area contributed by atoms with Crippen LogP contribution in [0, 0.1) is 6.92 Å². The highest BCUT2D eigenvalue weighted by Gasteiger charge is 2.37.